The molecule has 0 aliphatic carbocycles. The predicted octanol–water partition coefficient (Wildman–Crippen LogP) is 1.14. The normalized spacial score (nSPS) is 34.7. The van der Waals surface area contributed by atoms with Crippen molar-refractivity contribution < 1.29 is 9.53 Å². The Balaban J connectivity index is 2.00. The monoisotopic (exact) mass is 240 g/mol. The van der Waals surface area contributed by atoms with E-state index in [4.69, 9.17) is 10.5 Å². The summed E-state index contributed by atoms with van der Waals surface area (Å²) in [5.41, 5.74) is 5.80. The van der Waals surface area contributed by atoms with Crippen molar-refractivity contribution >= 4 is 5.91 Å². The quantitative estimate of drug-likeness (QED) is 0.787. The maximum atomic E-state index is 12.5. The Morgan fingerprint density at radius 1 is 1.41 bits per heavy atom. The zero-order valence-corrected chi connectivity index (χ0v) is 10.7. The fourth-order valence-electron chi connectivity index (χ4n) is 2.94. The Labute approximate surface area is 103 Å². The van der Waals surface area contributed by atoms with Gasteiger partial charge in [0.1, 0.15) is 0 Å². The van der Waals surface area contributed by atoms with Gasteiger partial charge in [0.25, 0.3) is 0 Å². The third-order valence-corrected chi connectivity index (χ3v) is 3.98. The van der Waals surface area contributed by atoms with Gasteiger partial charge < -0.3 is 15.4 Å². The number of hydrogen-bond acceptors (Lipinski definition) is 3. The molecular formula is C13H24N2O2. The van der Waals surface area contributed by atoms with Crippen molar-refractivity contribution in [1.29, 1.82) is 0 Å². The molecule has 98 valence electrons. The van der Waals surface area contributed by atoms with Gasteiger partial charge in [-0.05, 0) is 26.2 Å². The number of carbonyl (C=O) groups is 1. The molecule has 0 aromatic rings. The predicted molar refractivity (Wildman–Crippen MR) is 66.5 cm³/mol. The minimum Gasteiger partial charge on any atom is -0.378 e. The van der Waals surface area contributed by atoms with Crippen molar-refractivity contribution in [2.24, 2.45) is 11.7 Å². The summed E-state index contributed by atoms with van der Waals surface area (Å²) in [5.74, 6) is 0.337. The lowest BCUT2D eigenvalue weighted by molar-refractivity contribution is -0.137. The van der Waals surface area contributed by atoms with E-state index in [2.05, 4.69) is 0 Å². The first-order valence-corrected chi connectivity index (χ1v) is 6.84. The summed E-state index contributed by atoms with van der Waals surface area (Å²) in [6, 6.07) is 0.251. The second-order valence-corrected chi connectivity index (χ2v) is 5.35. The maximum absolute atomic E-state index is 12.5. The summed E-state index contributed by atoms with van der Waals surface area (Å²) in [7, 11) is 0. The van der Waals surface area contributed by atoms with Crippen molar-refractivity contribution in [3.8, 4) is 0 Å². The van der Waals surface area contributed by atoms with Crippen LogP contribution in [0.3, 0.4) is 0 Å². The second kappa shape index (κ2) is 5.83. The molecule has 2 rings (SSSR count). The van der Waals surface area contributed by atoms with Gasteiger partial charge in [-0.2, -0.15) is 0 Å². The summed E-state index contributed by atoms with van der Waals surface area (Å²) >= 11 is 0. The van der Waals surface area contributed by atoms with Gasteiger partial charge in [0.05, 0.1) is 18.6 Å². The fraction of sp³-hybridized carbons (Fsp3) is 0.923. The first kappa shape index (κ1) is 12.8. The van der Waals surface area contributed by atoms with Gasteiger partial charge in [-0.15, -0.1) is 0 Å². The molecule has 3 unspecified atom stereocenters. The van der Waals surface area contributed by atoms with Gasteiger partial charge in [-0.25, -0.2) is 0 Å². The molecule has 0 radical (unpaired) electrons. The SMILES string of the molecule is CC1CC(C(=O)N2CCCCCC2CN)CO1. The Morgan fingerprint density at radius 2 is 2.24 bits per heavy atom. The topological polar surface area (TPSA) is 55.6 Å². The number of nitrogens with two attached hydrogens (primary N) is 1. The van der Waals surface area contributed by atoms with Gasteiger partial charge in [0.15, 0.2) is 0 Å². The van der Waals surface area contributed by atoms with Gasteiger partial charge >= 0.3 is 0 Å². The third kappa shape index (κ3) is 2.99. The molecule has 2 saturated heterocycles. The number of carbonyl (C=O) groups excluding carboxylic acids is 1. The van der Waals surface area contributed by atoms with Crippen LogP contribution in [-0.2, 0) is 9.53 Å². The van der Waals surface area contributed by atoms with Crippen LogP contribution >= 0.6 is 0 Å². The van der Waals surface area contributed by atoms with Crippen LogP contribution in [0.15, 0.2) is 0 Å². The summed E-state index contributed by atoms with van der Waals surface area (Å²) in [6.45, 7) is 4.10. The van der Waals surface area contributed by atoms with E-state index in [1.807, 2.05) is 11.8 Å². The van der Waals surface area contributed by atoms with Crippen LogP contribution < -0.4 is 5.73 Å². The van der Waals surface area contributed by atoms with Gasteiger partial charge in [0.2, 0.25) is 5.91 Å². The smallest absolute Gasteiger partial charge is 0.228 e. The molecular weight excluding hydrogens is 216 g/mol. The van der Waals surface area contributed by atoms with E-state index in [0.29, 0.717) is 13.2 Å². The van der Waals surface area contributed by atoms with Crippen LogP contribution in [0.1, 0.15) is 39.0 Å². The third-order valence-electron chi connectivity index (χ3n) is 3.98. The van der Waals surface area contributed by atoms with Crippen LogP contribution in [0, 0.1) is 5.92 Å². The average molecular weight is 240 g/mol. The number of ether oxygens (including phenoxy) is 1. The molecule has 0 bridgehead atoms. The maximum Gasteiger partial charge on any atom is 0.228 e. The molecule has 3 atom stereocenters. The second-order valence-electron chi connectivity index (χ2n) is 5.35. The Kier molecular flexibility index (Phi) is 4.40. The first-order chi connectivity index (χ1) is 8.22. The van der Waals surface area contributed by atoms with Crippen LogP contribution in [0.4, 0.5) is 0 Å². The summed E-state index contributed by atoms with van der Waals surface area (Å²) in [4.78, 5) is 14.5. The van der Waals surface area contributed by atoms with Crippen LogP contribution in [0.25, 0.3) is 0 Å². The molecule has 17 heavy (non-hydrogen) atoms. The minimum absolute atomic E-state index is 0.0668. The minimum atomic E-state index is 0.0668. The number of amides is 1. The largest absolute Gasteiger partial charge is 0.378 e. The molecule has 0 aromatic heterocycles. The molecule has 2 N–H and O–H groups in total. The van der Waals surface area contributed by atoms with Gasteiger partial charge in [0, 0.05) is 19.1 Å². The molecule has 0 spiro atoms. The highest BCUT2D eigenvalue weighted by Gasteiger charge is 2.34. The summed E-state index contributed by atoms with van der Waals surface area (Å²) in [6.07, 6.45) is 5.69. The van der Waals surface area contributed by atoms with Gasteiger partial charge in [-0.1, -0.05) is 12.8 Å². The number of likely N-dealkylation sites (tertiary alicyclic amines) is 1. The van der Waals surface area contributed by atoms with E-state index in [0.717, 1.165) is 25.8 Å². The average Bonchev–Trinajstić information content (AvgIpc) is 2.64. The van der Waals surface area contributed by atoms with Crippen molar-refractivity contribution in [2.75, 3.05) is 19.7 Å². The molecule has 2 aliphatic heterocycles. The van der Waals surface area contributed by atoms with E-state index in [1.54, 1.807) is 0 Å². The van der Waals surface area contributed by atoms with E-state index >= 15 is 0 Å². The van der Waals surface area contributed by atoms with E-state index in [9.17, 15) is 4.79 Å². The van der Waals surface area contributed by atoms with Crippen LogP contribution in [-0.4, -0.2) is 42.6 Å². The summed E-state index contributed by atoms with van der Waals surface area (Å²) in [5, 5.41) is 0. The molecule has 2 heterocycles. The van der Waals surface area contributed by atoms with E-state index in [-0.39, 0.29) is 24.0 Å². The van der Waals surface area contributed by atoms with Crippen LogP contribution in [0.5, 0.6) is 0 Å². The Morgan fingerprint density at radius 3 is 2.88 bits per heavy atom. The van der Waals surface area contributed by atoms with Crippen molar-refractivity contribution in [2.45, 2.75) is 51.2 Å². The molecule has 4 nitrogen and oxygen atoms in total. The van der Waals surface area contributed by atoms with Crippen molar-refractivity contribution in [3.05, 3.63) is 0 Å². The van der Waals surface area contributed by atoms with Crippen LogP contribution in [0.2, 0.25) is 0 Å². The Hall–Kier alpha value is -0.610. The molecule has 2 fully saturated rings. The molecule has 2 aliphatic rings. The van der Waals surface area contributed by atoms with E-state index < -0.39 is 0 Å². The Bertz CT molecular complexity index is 270. The zero-order valence-electron chi connectivity index (χ0n) is 10.7. The first-order valence-electron chi connectivity index (χ1n) is 6.84. The lowest BCUT2D eigenvalue weighted by Gasteiger charge is -2.31. The number of hydrogen-bond donors (Lipinski definition) is 1. The number of rotatable bonds is 2. The fourth-order valence-corrected chi connectivity index (χ4v) is 2.94. The van der Waals surface area contributed by atoms with Gasteiger partial charge in [-0.3, -0.25) is 4.79 Å². The molecule has 0 saturated carbocycles. The molecule has 1 amide bonds. The highest BCUT2D eigenvalue weighted by Crippen LogP contribution is 2.25. The van der Waals surface area contributed by atoms with Crippen molar-refractivity contribution in [3.63, 3.8) is 0 Å². The highest BCUT2D eigenvalue weighted by atomic mass is 16.5. The zero-order chi connectivity index (χ0) is 12.3. The number of nitrogens with zero attached hydrogens (tertiary/aromatic N) is 1. The van der Waals surface area contributed by atoms with Crippen molar-refractivity contribution in [1.82, 2.24) is 4.90 Å². The molecule has 4 heteroatoms. The lowest BCUT2D eigenvalue weighted by atomic mass is 10.0. The highest BCUT2D eigenvalue weighted by molar-refractivity contribution is 5.79. The van der Waals surface area contributed by atoms with E-state index in [1.165, 1.54) is 12.8 Å². The summed E-state index contributed by atoms with van der Waals surface area (Å²) < 4.78 is 5.50. The lowest BCUT2D eigenvalue weighted by Crippen LogP contribution is -2.46. The standard InChI is InChI=1S/C13H24N2O2/c1-10-7-11(9-17-10)13(16)15-6-4-2-3-5-12(15)8-14/h10-12H,2-9,14H2,1H3. The molecule has 0 aromatic carbocycles.